The standard InChI is InChI=1S/C21H20FN5O3S/c22-15-8-6-14(7-9-15)19(29)25-17-18(23)26-21(27-20(17)30)31-12-16(28)24-11-10-13-4-2-1-3-5-13/h1-9H,10-12H2,(H,24,28)(H,25,29)(H3,23,26,27,30). The molecule has 3 aromatic rings. The third-order valence-electron chi connectivity index (χ3n) is 4.19. The lowest BCUT2D eigenvalue weighted by Crippen LogP contribution is -2.27. The first-order valence-electron chi connectivity index (χ1n) is 9.32. The van der Waals surface area contributed by atoms with Crippen LogP contribution in [0.25, 0.3) is 0 Å². The zero-order valence-corrected chi connectivity index (χ0v) is 17.2. The zero-order chi connectivity index (χ0) is 22.2. The van der Waals surface area contributed by atoms with E-state index in [4.69, 9.17) is 5.73 Å². The number of thioether (sulfide) groups is 1. The number of aromatic amines is 1. The van der Waals surface area contributed by atoms with Gasteiger partial charge in [-0.2, -0.15) is 0 Å². The molecule has 0 saturated carbocycles. The molecule has 160 valence electrons. The van der Waals surface area contributed by atoms with Crippen LogP contribution >= 0.6 is 11.8 Å². The lowest BCUT2D eigenvalue weighted by atomic mass is 10.1. The highest BCUT2D eigenvalue weighted by molar-refractivity contribution is 7.99. The highest BCUT2D eigenvalue weighted by atomic mass is 32.2. The minimum atomic E-state index is -0.657. The number of rotatable bonds is 8. The summed E-state index contributed by atoms with van der Waals surface area (Å²) in [4.78, 5) is 43.0. The minimum Gasteiger partial charge on any atom is -0.382 e. The van der Waals surface area contributed by atoms with Gasteiger partial charge in [0.2, 0.25) is 5.91 Å². The van der Waals surface area contributed by atoms with Gasteiger partial charge in [0.05, 0.1) is 5.75 Å². The summed E-state index contributed by atoms with van der Waals surface area (Å²) >= 11 is 1.02. The van der Waals surface area contributed by atoms with Crippen molar-refractivity contribution in [1.29, 1.82) is 0 Å². The molecule has 3 rings (SSSR count). The summed E-state index contributed by atoms with van der Waals surface area (Å²) < 4.78 is 13.0. The lowest BCUT2D eigenvalue weighted by molar-refractivity contribution is -0.118. The van der Waals surface area contributed by atoms with Gasteiger partial charge >= 0.3 is 0 Å². The molecule has 0 aliphatic rings. The Balaban J connectivity index is 1.53. The molecule has 2 aromatic carbocycles. The number of nitrogens with zero attached hydrogens (tertiary/aromatic N) is 1. The second kappa shape index (κ2) is 10.4. The maximum atomic E-state index is 13.0. The van der Waals surface area contributed by atoms with E-state index in [1.807, 2.05) is 30.3 Å². The van der Waals surface area contributed by atoms with Gasteiger partial charge in [-0.15, -0.1) is 0 Å². The fraction of sp³-hybridized carbons (Fsp3) is 0.143. The van der Waals surface area contributed by atoms with Gasteiger partial charge < -0.3 is 16.4 Å². The van der Waals surface area contributed by atoms with E-state index in [0.29, 0.717) is 13.0 Å². The maximum Gasteiger partial charge on any atom is 0.277 e. The number of H-pyrrole nitrogens is 1. The number of hydrogen-bond acceptors (Lipinski definition) is 6. The molecule has 2 amide bonds. The smallest absolute Gasteiger partial charge is 0.277 e. The summed E-state index contributed by atoms with van der Waals surface area (Å²) in [5.74, 6) is -1.47. The fourth-order valence-electron chi connectivity index (χ4n) is 2.62. The predicted molar refractivity (Wildman–Crippen MR) is 118 cm³/mol. The van der Waals surface area contributed by atoms with Gasteiger partial charge in [-0.25, -0.2) is 9.37 Å². The molecule has 31 heavy (non-hydrogen) atoms. The molecule has 0 atom stereocenters. The molecule has 0 fully saturated rings. The Morgan fingerprint density at radius 3 is 2.48 bits per heavy atom. The van der Waals surface area contributed by atoms with Crippen molar-refractivity contribution in [2.45, 2.75) is 11.6 Å². The van der Waals surface area contributed by atoms with Gasteiger partial charge in [-0.1, -0.05) is 42.1 Å². The van der Waals surface area contributed by atoms with Crippen LogP contribution in [0.3, 0.4) is 0 Å². The van der Waals surface area contributed by atoms with Crippen LogP contribution in [0.4, 0.5) is 15.9 Å². The minimum absolute atomic E-state index is 0.0401. The van der Waals surface area contributed by atoms with Crippen molar-refractivity contribution in [2.24, 2.45) is 0 Å². The number of amides is 2. The summed E-state index contributed by atoms with van der Waals surface area (Å²) in [5.41, 5.74) is 6.21. The number of carbonyl (C=O) groups excluding carboxylic acids is 2. The van der Waals surface area contributed by atoms with E-state index in [2.05, 4.69) is 20.6 Å². The molecule has 0 spiro atoms. The normalized spacial score (nSPS) is 10.5. The summed E-state index contributed by atoms with van der Waals surface area (Å²) in [6, 6.07) is 14.6. The van der Waals surface area contributed by atoms with Crippen LogP contribution in [0, 0.1) is 5.82 Å². The van der Waals surface area contributed by atoms with Crippen molar-refractivity contribution in [3.05, 3.63) is 81.9 Å². The van der Waals surface area contributed by atoms with Gasteiger partial charge in [0.1, 0.15) is 11.5 Å². The molecular weight excluding hydrogens is 421 g/mol. The molecule has 1 aromatic heterocycles. The molecule has 5 N–H and O–H groups in total. The van der Waals surface area contributed by atoms with E-state index < -0.39 is 17.3 Å². The molecule has 1 heterocycles. The van der Waals surface area contributed by atoms with E-state index >= 15 is 0 Å². The number of anilines is 2. The van der Waals surface area contributed by atoms with Crippen LogP contribution < -0.4 is 21.9 Å². The van der Waals surface area contributed by atoms with Crippen LogP contribution in [0.15, 0.2) is 64.5 Å². The Bertz CT molecular complexity index is 1120. The Labute approximate surface area is 181 Å². The van der Waals surface area contributed by atoms with Gasteiger partial charge in [-0.3, -0.25) is 19.4 Å². The topological polar surface area (TPSA) is 130 Å². The van der Waals surface area contributed by atoms with Crippen molar-refractivity contribution >= 4 is 35.1 Å². The van der Waals surface area contributed by atoms with Crippen LogP contribution in [-0.2, 0) is 11.2 Å². The number of halogens is 1. The molecule has 10 heteroatoms. The lowest BCUT2D eigenvalue weighted by Gasteiger charge is -2.09. The largest absolute Gasteiger partial charge is 0.382 e. The molecular formula is C21H20FN5O3S. The molecule has 8 nitrogen and oxygen atoms in total. The number of aromatic nitrogens is 2. The quantitative estimate of drug-likeness (QED) is 0.313. The first-order chi connectivity index (χ1) is 14.9. The second-order valence-electron chi connectivity index (χ2n) is 6.47. The summed E-state index contributed by atoms with van der Waals surface area (Å²) in [6.07, 6.45) is 0.710. The third kappa shape index (κ3) is 6.41. The number of nitrogen functional groups attached to an aromatic ring is 1. The summed E-state index contributed by atoms with van der Waals surface area (Å²) in [5, 5.41) is 5.32. The molecule has 0 radical (unpaired) electrons. The van der Waals surface area contributed by atoms with Crippen molar-refractivity contribution in [1.82, 2.24) is 15.3 Å². The monoisotopic (exact) mass is 441 g/mol. The van der Waals surface area contributed by atoms with E-state index in [9.17, 15) is 18.8 Å². The van der Waals surface area contributed by atoms with Gasteiger partial charge in [-0.05, 0) is 36.2 Å². The van der Waals surface area contributed by atoms with Gasteiger partial charge in [0.15, 0.2) is 11.0 Å². The van der Waals surface area contributed by atoms with Gasteiger partial charge in [0.25, 0.3) is 11.5 Å². The van der Waals surface area contributed by atoms with E-state index in [0.717, 1.165) is 29.5 Å². The molecule has 0 saturated heterocycles. The highest BCUT2D eigenvalue weighted by Gasteiger charge is 2.15. The predicted octanol–water partition coefficient (Wildman–Crippen LogP) is 2.19. The third-order valence-corrected chi connectivity index (χ3v) is 5.06. The molecule has 0 bridgehead atoms. The van der Waals surface area contributed by atoms with Crippen LogP contribution in [0.5, 0.6) is 0 Å². The second-order valence-corrected chi connectivity index (χ2v) is 7.43. The fourth-order valence-corrected chi connectivity index (χ4v) is 3.32. The Morgan fingerprint density at radius 1 is 1.10 bits per heavy atom. The SMILES string of the molecule is Nc1nc(SCC(=O)NCCc2ccccc2)[nH]c(=O)c1NC(=O)c1ccc(F)cc1. The number of nitrogens with two attached hydrogens (primary N) is 1. The van der Waals surface area contributed by atoms with E-state index in [-0.39, 0.29) is 33.9 Å². The number of hydrogen-bond donors (Lipinski definition) is 4. The van der Waals surface area contributed by atoms with Crippen molar-refractivity contribution in [3.8, 4) is 0 Å². The molecule has 0 aliphatic carbocycles. The van der Waals surface area contributed by atoms with Crippen LogP contribution in [0.1, 0.15) is 15.9 Å². The van der Waals surface area contributed by atoms with E-state index in [1.165, 1.54) is 12.1 Å². The highest BCUT2D eigenvalue weighted by Crippen LogP contribution is 2.17. The molecule has 0 aliphatic heterocycles. The van der Waals surface area contributed by atoms with Gasteiger partial charge in [0, 0.05) is 12.1 Å². The number of nitrogens with one attached hydrogen (secondary N) is 3. The summed E-state index contributed by atoms with van der Waals surface area (Å²) in [7, 11) is 0. The first kappa shape index (κ1) is 22.0. The average molecular weight is 441 g/mol. The number of carbonyl (C=O) groups is 2. The maximum absolute atomic E-state index is 13.0. The summed E-state index contributed by atoms with van der Waals surface area (Å²) in [6.45, 7) is 0.490. The Morgan fingerprint density at radius 2 is 1.81 bits per heavy atom. The molecule has 0 unspecified atom stereocenters. The van der Waals surface area contributed by atoms with Crippen molar-refractivity contribution < 1.29 is 14.0 Å². The van der Waals surface area contributed by atoms with Crippen molar-refractivity contribution in [2.75, 3.05) is 23.3 Å². The Hall–Kier alpha value is -3.66. The number of benzene rings is 2. The van der Waals surface area contributed by atoms with Crippen LogP contribution in [0.2, 0.25) is 0 Å². The first-order valence-corrected chi connectivity index (χ1v) is 10.3. The van der Waals surface area contributed by atoms with E-state index in [1.54, 1.807) is 0 Å². The average Bonchev–Trinajstić information content (AvgIpc) is 2.76. The Kier molecular flexibility index (Phi) is 7.39. The van der Waals surface area contributed by atoms with Crippen molar-refractivity contribution in [3.63, 3.8) is 0 Å². The zero-order valence-electron chi connectivity index (χ0n) is 16.4. The van der Waals surface area contributed by atoms with Crippen LogP contribution in [-0.4, -0.2) is 34.1 Å².